The van der Waals surface area contributed by atoms with Gasteiger partial charge in [-0.1, -0.05) is 23.7 Å². The number of para-hydroxylation sites is 2. The van der Waals surface area contributed by atoms with Gasteiger partial charge in [0, 0.05) is 17.0 Å². The summed E-state index contributed by atoms with van der Waals surface area (Å²) in [7, 11) is 1.63. The number of hydrogen-bond acceptors (Lipinski definition) is 3. The Labute approximate surface area is 135 Å². The molecular formula is C18H19ClO3. The molecule has 0 saturated heterocycles. The third-order valence-corrected chi connectivity index (χ3v) is 3.87. The molecule has 0 bridgehead atoms. The highest BCUT2D eigenvalue weighted by atomic mass is 35.5. The molecule has 0 atom stereocenters. The maximum absolute atomic E-state index is 6.23. The molecule has 116 valence electrons. The Bertz CT molecular complexity index is 695. The van der Waals surface area contributed by atoms with Crippen LogP contribution in [0, 0.1) is 0 Å². The van der Waals surface area contributed by atoms with Crippen LogP contribution in [0.25, 0.3) is 0 Å². The van der Waals surface area contributed by atoms with Crippen LogP contribution in [0.4, 0.5) is 0 Å². The first-order valence-corrected chi connectivity index (χ1v) is 7.62. The molecule has 0 N–H and O–H groups in total. The maximum Gasteiger partial charge on any atom is 0.161 e. The van der Waals surface area contributed by atoms with E-state index in [1.54, 1.807) is 7.11 Å². The second kappa shape index (κ2) is 5.73. The zero-order chi connectivity index (χ0) is 15.7. The van der Waals surface area contributed by atoms with E-state index in [1.165, 1.54) is 0 Å². The largest absolute Gasteiger partial charge is 0.493 e. The SMILES string of the molecule is COc1ccccc1OCc1cc(Cl)cc2c1OC(C)(C)C2. The molecule has 0 spiro atoms. The molecule has 3 nitrogen and oxygen atoms in total. The summed E-state index contributed by atoms with van der Waals surface area (Å²) in [5, 5.41) is 0.707. The monoisotopic (exact) mass is 318 g/mol. The Balaban J connectivity index is 1.85. The molecule has 2 aromatic carbocycles. The molecule has 3 rings (SSSR count). The number of halogens is 1. The van der Waals surface area contributed by atoms with E-state index < -0.39 is 0 Å². The van der Waals surface area contributed by atoms with E-state index in [-0.39, 0.29) is 5.60 Å². The number of methoxy groups -OCH3 is 1. The van der Waals surface area contributed by atoms with Crippen molar-refractivity contribution >= 4 is 11.6 Å². The number of rotatable bonds is 4. The van der Waals surface area contributed by atoms with Crippen molar-refractivity contribution in [3.8, 4) is 17.2 Å². The van der Waals surface area contributed by atoms with Crippen molar-refractivity contribution in [3.05, 3.63) is 52.5 Å². The van der Waals surface area contributed by atoms with E-state index >= 15 is 0 Å². The minimum absolute atomic E-state index is 0.202. The predicted molar refractivity (Wildman–Crippen MR) is 87.2 cm³/mol. The number of hydrogen-bond donors (Lipinski definition) is 0. The zero-order valence-corrected chi connectivity index (χ0v) is 13.7. The van der Waals surface area contributed by atoms with Crippen molar-refractivity contribution < 1.29 is 14.2 Å². The standard InChI is InChI=1S/C18H19ClO3/c1-18(2)10-12-8-14(19)9-13(17(12)22-18)11-21-16-7-5-4-6-15(16)20-3/h4-9H,10-11H2,1-3H3. The summed E-state index contributed by atoms with van der Waals surface area (Å²) < 4.78 is 17.3. The first-order chi connectivity index (χ1) is 10.5. The van der Waals surface area contributed by atoms with Gasteiger partial charge in [0.2, 0.25) is 0 Å². The number of fused-ring (bicyclic) bond motifs is 1. The van der Waals surface area contributed by atoms with Crippen LogP contribution in [0.15, 0.2) is 36.4 Å². The van der Waals surface area contributed by atoms with E-state index in [0.29, 0.717) is 23.1 Å². The van der Waals surface area contributed by atoms with Gasteiger partial charge in [0.05, 0.1) is 7.11 Å². The summed E-state index contributed by atoms with van der Waals surface area (Å²) in [6.45, 7) is 4.54. The molecule has 0 saturated carbocycles. The minimum Gasteiger partial charge on any atom is -0.493 e. The normalized spacial score (nSPS) is 15.1. The Hall–Kier alpha value is -1.87. The lowest BCUT2D eigenvalue weighted by atomic mass is 10.0. The highest BCUT2D eigenvalue weighted by Crippen LogP contribution is 2.40. The van der Waals surface area contributed by atoms with Crippen molar-refractivity contribution in [2.24, 2.45) is 0 Å². The third-order valence-electron chi connectivity index (χ3n) is 3.65. The average molecular weight is 319 g/mol. The van der Waals surface area contributed by atoms with Gasteiger partial charge in [0.1, 0.15) is 18.0 Å². The van der Waals surface area contributed by atoms with Crippen LogP contribution in [-0.4, -0.2) is 12.7 Å². The Morgan fingerprint density at radius 1 is 1.18 bits per heavy atom. The molecule has 4 heteroatoms. The van der Waals surface area contributed by atoms with Crippen LogP contribution in [0.2, 0.25) is 5.02 Å². The van der Waals surface area contributed by atoms with Crippen molar-refractivity contribution in [1.82, 2.24) is 0 Å². The first-order valence-electron chi connectivity index (χ1n) is 7.25. The highest BCUT2D eigenvalue weighted by molar-refractivity contribution is 6.30. The van der Waals surface area contributed by atoms with Crippen molar-refractivity contribution in [2.75, 3.05) is 7.11 Å². The van der Waals surface area contributed by atoms with Gasteiger partial charge < -0.3 is 14.2 Å². The first kappa shape index (κ1) is 15.0. The van der Waals surface area contributed by atoms with Crippen LogP contribution in [-0.2, 0) is 13.0 Å². The summed E-state index contributed by atoms with van der Waals surface area (Å²) in [5.74, 6) is 2.31. The molecule has 0 radical (unpaired) electrons. The van der Waals surface area contributed by atoms with Crippen LogP contribution < -0.4 is 14.2 Å². The summed E-state index contributed by atoms with van der Waals surface area (Å²) in [6, 6.07) is 11.5. The Morgan fingerprint density at radius 3 is 2.64 bits per heavy atom. The van der Waals surface area contributed by atoms with Gasteiger partial charge >= 0.3 is 0 Å². The maximum atomic E-state index is 6.23. The smallest absolute Gasteiger partial charge is 0.161 e. The molecule has 0 aromatic heterocycles. The molecule has 1 aliphatic rings. The summed E-state index contributed by atoms with van der Waals surface area (Å²) in [4.78, 5) is 0. The molecular weight excluding hydrogens is 300 g/mol. The van der Waals surface area contributed by atoms with E-state index in [9.17, 15) is 0 Å². The molecule has 0 fully saturated rings. The average Bonchev–Trinajstić information content (AvgIpc) is 2.79. The van der Waals surface area contributed by atoms with Crippen LogP contribution in [0.1, 0.15) is 25.0 Å². The van der Waals surface area contributed by atoms with Gasteiger partial charge in [-0.05, 0) is 43.7 Å². The molecule has 1 aliphatic heterocycles. The van der Waals surface area contributed by atoms with Crippen molar-refractivity contribution in [2.45, 2.75) is 32.5 Å². The highest BCUT2D eigenvalue weighted by Gasteiger charge is 2.32. The van der Waals surface area contributed by atoms with Crippen LogP contribution in [0.3, 0.4) is 0 Å². The number of ether oxygens (including phenoxy) is 3. The van der Waals surface area contributed by atoms with Gasteiger partial charge in [0.15, 0.2) is 11.5 Å². The number of benzene rings is 2. The van der Waals surface area contributed by atoms with Gasteiger partial charge in [-0.15, -0.1) is 0 Å². The van der Waals surface area contributed by atoms with E-state index in [4.69, 9.17) is 25.8 Å². The molecule has 0 amide bonds. The van der Waals surface area contributed by atoms with Gasteiger partial charge in [-0.3, -0.25) is 0 Å². The topological polar surface area (TPSA) is 27.7 Å². The molecule has 0 aliphatic carbocycles. The predicted octanol–water partition coefficient (Wildman–Crippen LogP) is 4.64. The quantitative estimate of drug-likeness (QED) is 0.822. The zero-order valence-electron chi connectivity index (χ0n) is 13.0. The molecule has 1 heterocycles. The lowest BCUT2D eigenvalue weighted by Gasteiger charge is -2.18. The summed E-state index contributed by atoms with van der Waals surface area (Å²) >= 11 is 6.23. The molecule has 22 heavy (non-hydrogen) atoms. The molecule has 0 unspecified atom stereocenters. The van der Waals surface area contributed by atoms with Gasteiger partial charge in [-0.2, -0.15) is 0 Å². The fraction of sp³-hybridized carbons (Fsp3) is 0.333. The van der Waals surface area contributed by atoms with Crippen molar-refractivity contribution in [3.63, 3.8) is 0 Å². The Kier molecular flexibility index (Phi) is 3.92. The van der Waals surface area contributed by atoms with Gasteiger partial charge in [-0.25, -0.2) is 0 Å². The third kappa shape index (κ3) is 3.00. The Morgan fingerprint density at radius 2 is 1.91 bits per heavy atom. The van der Waals surface area contributed by atoms with E-state index in [1.807, 2.05) is 36.4 Å². The fourth-order valence-electron chi connectivity index (χ4n) is 2.75. The minimum atomic E-state index is -0.202. The lowest BCUT2D eigenvalue weighted by Crippen LogP contribution is -2.25. The van der Waals surface area contributed by atoms with Crippen molar-refractivity contribution in [1.29, 1.82) is 0 Å². The van der Waals surface area contributed by atoms with Crippen LogP contribution in [0.5, 0.6) is 17.2 Å². The summed E-state index contributed by atoms with van der Waals surface area (Å²) in [6.07, 6.45) is 0.852. The molecule has 2 aromatic rings. The lowest BCUT2D eigenvalue weighted by molar-refractivity contribution is 0.135. The van der Waals surface area contributed by atoms with E-state index in [2.05, 4.69) is 13.8 Å². The van der Waals surface area contributed by atoms with E-state index in [0.717, 1.165) is 23.3 Å². The summed E-state index contributed by atoms with van der Waals surface area (Å²) in [5.41, 5.74) is 1.89. The second-order valence-electron chi connectivity index (χ2n) is 6.03. The van der Waals surface area contributed by atoms with Crippen LogP contribution >= 0.6 is 11.6 Å². The second-order valence-corrected chi connectivity index (χ2v) is 6.47. The van der Waals surface area contributed by atoms with Gasteiger partial charge in [0.25, 0.3) is 0 Å². The fourth-order valence-corrected chi connectivity index (χ4v) is 3.01.